The van der Waals surface area contributed by atoms with E-state index in [4.69, 9.17) is 4.84 Å². The zero-order chi connectivity index (χ0) is 7.23. The Morgan fingerprint density at radius 1 is 1.50 bits per heavy atom. The lowest BCUT2D eigenvalue weighted by Crippen LogP contribution is -2.35. The fourth-order valence-electron chi connectivity index (χ4n) is 1.11. The molecule has 0 aromatic heterocycles. The highest BCUT2D eigenvalue weighted by Gasteiger charge is 2.12. The van der Waals surface area contributed by atoms with Gasteiger partial charge in [-0.3, -0.25) is 4.84 Å². The van der Waals surface area contributed by atoms with Gasteiger partial charge in [0.1, 0.15) is 0 Å². The van der Waals surface area contributed by atoms with Crippen LogP contribution in [0.25, 0.3) is 0 Å². The molecule has 3 nitrogen and oxygen atoms in total. The molecule has 1 saturated heterocycles. The van der Waals surface area contributed by atoms with Gasteiger partial charge in [-0.25, -0.2) is 5.48 Å². The first-order valence-corrected chi connectivity index (χ1v) is 4.02. The Morgan fingerprint density at radius 3 is 2.80 bits per heavy atom. The zero-order valence-corrected chi connectivity index (χ0v) is 6.52. The highest BCUT2D eigenvalue weighted by Crippen LogP contribution is 2.04. The van der Waals surface area contributed by atoms with E-state index >= 15 is 0 Å². The molecule has 0 aromatic rings. The van der Waals surface area contributed by atoms with Crippen molar-refractivity contribution in [2.24, 2.45) is 0 Å². The predicted molar refractivity (Wildman–Crippen MR) is 40.7 cm³/mol. The average molecular weight is 144 g/mol. The molecule has 0 saturated carbocycles. The van der Waals surface area contributed by atoms with Crippen molar-refractivity contribution in [3.63, 3.8) is 0 Å². The summed E-state index contributed by atoms with van der Waals surface area (Å²) in [5.74, 6) is 0. The van der Waals surface area contributed by atoms with E-state index in [0.29, 0.717) is 6.10 Å². The monoisotopic (exact) mass is 144 g/mol. The Kier molecular flexibility index (Phi) is 3.72. The van der Waals surface area contributed by atoms with E-state index in [0.717, 1.165) is 32.5 Å². The normalized spacial score (nSPS) is 21.3. The van der Waals surface area contributed by atoms with Gasteiger partial charge in [-0.1, -0.05) is 6.92 Å². The zero-order valence-electron chi connectivity index (χ0n) is 6.52. The standard InChI is InChI=1S/C7H16N2O/c1-2-9-10-7-3-5-8-6-4-7/h7-9H,2-6H2,1H3. The topological polar surface area (TPSA) is 33.3 Å². The summed E-state index contributed by atoms with van der Waals surface area (Å²) >= 11 is 0. The van der Waals surface area contributed by atoms with E-state index in [1.807, 2.05) is 6.92 Å². The second-order valence-electron chi connectivity index (χ2n) is 2.57. The Hall–Kier alpha value is -0.120. The minimum atomic E-state index is 0.432. The van der Waals surface area contributed by atoms with Gasteiger partial charge >= 0.3 is 0 Å². The summed E-state index contributed by atoms with van der Waals surface area (Å²) in [5, 5.41) is 3.28. The minimum absolute atomic E-state index is 0.432. The Balaban J connectivity index is 2.02. The smallest absolute Gasteiger partial charge is 0.0814 e. The summed E-state index contributed by atoms with van der Waals surface area (Å²) in [6.45, 7) is 5.12. The van der Waals surface area contributed by atoms with Crippen molar-refractivity contribution in [1.82, 2.24) is 10.8 Å². The number of piperidine rings is 1. The lowest BCUT2D eigenvalue weighted by Gasteiger charge is -2.22. The van der Waals surface area contributed by atoms with E-state index < -0.39 is 0 Å². The number of hydroxylamine groups is 1. The van der Waals surface area contributed by atoms with Crippen molar-refractivity contribution in [3.8, 4) is 0 Å². The van der Waals surface area contributed by atoms with E-state index in [2.05, 4.69) is 10.8 Å². The molecule has 60 valence electrons. The van der Waals surface area contributed by atoms with Gasteiger partial charge in [0.05, 0.1) is 6.10 Å². The van der Waals surface area contributed by atoms with Crippen LogP contribution in [0.2, 0.25) is 0 Å². The van der Waals surface area contributed by atoms with Gasteiger partial charge in [0, 0.05) is 6.54 Å². The molecule has 1 fully saturated rings. The molecular formula is C7H16N2O. The highest BCUT2D eigenvalue weighted by atomic mass is 16.7. The fourth-order valence-corrected chi connectivity index (χ4v) is 1.11. The lowest BCUT2D eigenvalue weighted by atomic mass is 10.1. The summed E-state index contributed by atoms with van der Waals surface area (Å²) in [6.07, 6.45) is 2.70. The van der Waals surface area contributed by atoms with E-state index in [1.54, 1.807) is 0 Å². The van der Waals surface area contributed by atoms with Gasteiger partial charge in [0.25, 0.3) is 0 Å². The Labute approximate surface area is 62.1 Å². The van der Waals surface area contributed by atoms with Crippen LogP contribution in [0, 0.1) is 0 Å². The molecule has 10 heavy (non-hydrogen) atoms. The summed E-state index contributed by atoms with van der Waals surface area (Å²) in [5.41, 5.74) is 2.89. The fraction of sp³-hybridized carbons (Fsp3) is 1.00. The quantitative estimate of drug-likeness (QED) is 0.558. The van der Waals surface area contributed by atoms with E-state index in [-0.39, 0.29) is 0 Å². The molecule has 0 bridgehead atoms. The molecule has 2 N–H and O–H groups in total. The lowest BCUT2D eigenvalue weighted by molar-refractivity contribution is -0.0361. The molecule has 1 aliphatic heterocycles. The maximum absolute atomic E-state index is 5.34. The van der Waals surface area contributed by atoms with Crippen molar-refractivity contribution < 1.29 is 4.84 Å². The molecule has 0 amide bonds. The number of rotatable bonds is 3. The van der Waals surface area contributed by atoms with Crippen LogP contribution in [-0.2, 0) is 4.84 Å². The third-order valence-corrected chi connectivity index (χ3v) is 1.68. The molecular weight excluding hydrogens is 128 g/mol. The van der Waals surface area contributed by atoms with Crippen molar-refractivity contribution in [1.29, 1.82) is 0 Å². The number of hydrogen-bond donors (Lipinski definition) is 2. The second-order valence-corrected chi connectivity index (χ2v) is 2.57. The first-order valence-electron chi connectivity index (χ1n) is 4.02. The Morgan fingerprint density at radius 2 is 2.20 bits per heavy atom. The predicted octanol–water partition coefficient (Wildman–Crippen LogP) is 0.280. The maximum atomic E-state index is 5.34. The van der Waals surface area contributed by atoms with Gasteiger partial charge < -0.3 is 5.32 Å². The van der Waals surface area contributed by atoms with Gasteiger partial charge in [0.2, 0.25) is 0 Å². The van der Waals surface area contributed by atoms with Crippen molar-refractivity contribution in [2.75, 3.05) is 19.6 Å². The molecule has 1 aliphatic rings. The van der Waals surface area contributed by atoms with Crippen LogP contribution < -0.4 is 10.8 Å². The molecule has 0 aromatic carbocycles. The minimum Gasteiger partial charge on any atom is -0.317 e. The second kappa shape index (κ2) is 4.66. The average Bonchev–Trinajstić information content (AvgIpc) is 2.03. The third kappa shape index (κ3) is 2.64. The van der Waals surface area contributed by atoms with Crippen LogP contribution >= 0.6 is 0 Å². The summed E-state index contributed by atoms with van der Waals surface area (Å²) in [7, 11) is 0. The van der Waals surface area contributed by atoms with Crippen LogP contribution in [-0.4, -0.2) is 25.7 Å². The van der Waals surface area contributed by atoms with E-state index in [9.17, 15) is 0 Å². The first kappa shape index (κ1) is 7.98. The summed E-state index contributed by atoms with van der Waals surface area (Å²) in [6, 6.07) is 0. The number of nitrogens with one attached hydrogen (secondary N) is 2. The van der Waals surface area contributed by atoms with Crippen LogP contribution in [0.4, 0.5) is 0 Å². The largest absolute Gasteiger partial charge is 0.317 e. The molecule has 0 spiro atoms. The van der Waals surface area contributed by atoms with Crippen molar-refractivity contribution in [3.05, 3.63) is 0 Å². The van der Waals surface area contributed by atoms with Crippen LogP contribution in [0.1, 0.15) is 19.8 Å². The molecule has 0 unspecified atom stereocenters. The SMILES string of the molecule is CCNOC1CCNCC1. The van der Waals surface area contributed by atoms with Gasteiger partial charge in [-0.15, -0.1) is 0 Å². The highest BCUT2D eigenvalue weighted by molar-refractivity contribution is 4.66. The van der Waals surface area contributed by atoms with E-state index in [1.165, 1.54) is 0 Å². The van der Waals surface area contributed by atoms with Gasteiger partial charge in [-0.2, -0.15) is 0 Å². The van der Waals surface area contributed by atoms with Gasteiger partial charge in [-0.05, 0) is 25.9 Å². The molecule has 0 radical (unpaired) electrons. The van der Waals surface area contributed by atoms with Crippen molar-refractivity contribution in [2.45, 2.75) is 25.9 Å². The third-order valence-electron chi connectivity index (χ3n) is 1.68. The summed E-state index contributed by atoms with van der Waals surface area (Å²) < 4.78 is 0. The van der Waals surface area contributed by atoms with Crippen LogP contribution in [0.15, 0.2) is 0 Å². The van der Waals surface area contributed by atoms with Crippen LogP contribution in [0.5, 0.6) is 0 Å². The Bertz CT molecular complexity index is 81.7. The summed E-state index contributed by atoms with van der Waals surface area (Å²) in [4.78, 5) is 5.34. The van der Waals surface area contributed by atoms with Crippen molar-refractivity contribution >= 4 is 0 Å². The molecule has 0 atom stereocenters. The molecule has 1 rings (SSSR count). The number of hydrogen-bond acceptors (Lipinski definition) is 3. The van der Waals surface area contributed by atoms with Crippen LogP contribution in [0.3, 0.4) is 0 Å². The molecule has 1 heterocycles. The van der Waals surface area contributed by atoms with Gasteiger partial charge in [0.15, 0.2) is 0 Å². The molecule has 0 aliphatic carbocycles. The first-order chi connectivity index (χ1) is 4.93. The maximum Gasteiger partial charge on any atom is 0.0814 e. The molecule has 3 heteroatoms.